The zero-order chi connectivity index (χ0) is 24.5. The summed E-state index contributed by atoms with van der Waals surface area (Å²) in [7, 11) is 1.69. The molecule has 1 amide bonds. The van der Waals surface area contributed by atoms with Crippen molar-refractivity contribution in [1.29, 1.82) is 0 Å². The Balaban J connectivity index is 1.58. The molecule has 11 heteroatoms. The molecule has 2 aromatic heterocycles. The number of rotatable bonds is 7. The Morgan fingerprint density at radius 2 is 2.00 bits per heavy atom. The summed E-state index contributed by atoms with van der Waals surface area (Å²) in [4.78, 5) is 16.2. The van der Waals surface area contributed by atoms with Crippen molar-refractivity contribution in [2.45, 2.75) is 32.5 Å². The lowest BCUT2D eigenvalue weighted by Gasteiger charge is -2.15. The lowest BCUT2D eigenvalue weighted by atomic mass is 10.1. The molecule has 0 aliphatic rings. The molecule has 0 saturated carbocycles. The van der Waals surface area contributed by atoms with E-state index in [1.807, 2.05) is 18.2 Å². The molecule has 0 saturated heterocycles. The predicted molar refractivity (Wildman–Crippen MR) is 119 cm³/mol. The number of aryl methyl sites for hydroxylation is 1. The summed E-state index contributed by atoms with van der Waals surface area (Å²) >= 11 is 0. The number of fused-ring (bicyclic) bond motifs is 1. The van der Waals surface area contributed by atoms with E-state index in [9.17, 15) is 18.0 Å². The first-order valence-corrected chi connectivity index (χ1v) is 10.6. The number of nitrogens with one attached hydrogen (secondary N) is 2. The molecular weight excluding hydrogens is 449 g/mol. The molecule has 0 aliphatic carbocycles. The third-order valence-corrected chi connectivity index (χ3v) is 5.07. The van der Waals surface area contributed by atoms with Crippen LogP contribution in [0.2, 0.25) is 0 Å². The Morgan fingerprint density at radius 3 is 2.74 bits per heavy atom. The van der Waals surface area contributed by atoms with E-state index in [0.717, 1.165) is 22.5 Å². The first kappa shape index (κ1) is 23.3. The van der Waals surface area contributed by atoms with Crippen LogP contribution in [0.5, 0.6) is 5.75 Å². The molecule has 2 N–H and O–H groups in total. The maximum Gasteiger partial charge on any atom is 0.419 e. The van der Waals surface area contributed by atoms with Gasteiger partial charge in [-0.3, -0.25) is 14.6 Å². The number of aromatic nitrogens is 5. The lowest BCUT2D eigenvalue weighted by Crippen LogP contribution is -2.34. The molecular formula is C23H23F3N6O2. The number of carbonyl (C=O) groups is 1. The van der Waals surface area contributed by atoms with Gasteiger partial charge < -0.3 is 10.1 Å². The average molecular weight is 472 g/mol. The normalized spacial score (nSPS) is 11.9. The summed E-state index contributed by atoms with van der Waals surface area (Å²) in [6.45, 7) is 2.98. The van der Waals surface area contributed by atoms with Crippen molar-refractivity contribution in [2.75, 3.05) is 6.61 Å². The smallest absolute Gasteiger partial charge is 0.419 e. The second-order valence-corrected chi connectivity index (χ2v) is 8.16. The maximum atomic E-state index is 13.7. The number of benzene rings is 2. The number of hydrogen-bond acceptors (Lipinski definition) is 5. The Hall–Kier alpha value is -3.89. The Labute approximate surface area is 193 Å². The number of halogens is 3. The molecule has 4 rings (SSSR count). The summed E-state index contributed by atoms with van der Waals surface area (Å²) in [5, 5.41) is 14.7. The van der Waals surface area contributed by atoms with Crippen LogP contribution in [-0.2, 0) is 24.4 Å². The SMILES string of the molecule is CC(C)NC(=O)COc1ccc(-c2nc(Cc3ccc4[nH]ncc4c3)n(C)n2)cc1C(F)(F)F. The fraction of sp³-hybridized carbons (Fsp3) is 0.304. The first-order chi connectivity index (χ1) is 16.1. The van der Waals surface area contributed by atoms with Crippen molar-refractivity contribution in [1.82, 2.24) is 30.3 Å². The van der Waals surface area contributed by atoms with Crippen molar-refractivity contribution in [3.05, 3.63) is 59.5 Å². The highest BCUT2D eigenvalue weighted by molar-refractivity contribution is 5.78. The van der Waals surface area contributed by atoms with Crippen LogP contribution < -0.4 is 10.1 Å². The molecule has 0 spiro atoms. The Bertz CT molecular complexity index is 1330. The van der Waals surface area contributed by atoms with Gasteiger partial charge in [-0.1, -0.05) is 6.07 Å². The quantitative estimate of drug-likeness (QED) is 0.426. The van der Waals surface area contributed by atoms with E-state index in [-0.39, 0.29) is 17.4 Å². The summed E-state index contributed by atoms with van der Waals surface area (Å²) in [6, 6.07) is 9.23. The van der Waals surface area contributed by atoms with Crippen molar-refractivity contribution in [3.63, 3.8) is 0 Å². The van der Waals surface area contributed by atoms with E-state index in [1.54, 1.807) is 31.8 Å². The van der Waals surface area contributed by atoms with Gasteiger partial charge in [-0.15, -0.1) is 0 Å². The highest BCUT2D eigenvalue weighted by Gasteiger charge is 2.35. The third kappa shape index (κ3) is 5.19. The number of aromatic amines is 1. The molecule has 2 aromatic carbocycles. The monoisotopic (exact) mass is 472 g/mol. The van der Waals surface area contributed by atoms with E-state index in [4.69, 9.17) is 4.74 Å². The van der Waals surface area contributed by atoms with Crippen LogP contribution in [0.3, 0.4) is 0 Å². The summed E-state index contributed by atoms with van der Waals surface area (Å²) < 4.78 is 47.9. The van der Waals surface area contributed by atoms with Gasteiger partial charge in [0.05, 0.1) is 17.3 Å². The molecule has 2 heterocycles. The topological polar surface area (TPSA) is 97.7 Å². The van der Waals surface area contributed by atoms with Crippen LogP contribution in [0.1, 0.15) is 30.8 Å². The van der Waals surface area contributed by atoms with E-state index < -0.39 is 30.0 Å². The van der Waals surface area contributed by atoms with Gasteiger partial charge in [-0.05, 0) is 49.7 Å². The molecule has 8 nitrogen and oxygen atoms in total. The van der Waals surface area contributed by atoms with E-state index >= 15 is 0 Å². The predicted octanol–water partition coefficient (Wildman–Crippen LogP) is 3.87. The van der Waals surface area contributed by atoms with Crippen LogP contribution in [-0.4, -0.2) is 43.5 Å². The Morgan fingerprint density at radius 1 is 1.21 bits per heavy atom. The van der Waals surface area contributed by atoms with Crippen LogP contribution >= 0.6 is 0 Å². The van der Waals surface area contributed by atoms with Gasteiger partial charge >= 0.3 is 6.18 Å². The van der Waals surface area contributed by atoms with Crippen LogP contribution in [0.25, 0.3) is 22.3 Å². The zero-order valence-corrected chi connectivity index (χ0v) is 18.8. The number of nitrogens with zero attached hydrogens (tertiary/aromatic N) is 4. The van der Waals surface area contributed by atoms with Gasteiger partial charge in [0.25, 0.3) is 5.91 Å². The van der Waals surface area contributed by atoms with Gasteiger partial charge in [-0.2, -0.15) is 23.4 Å². The van der Waals surface area contributed by atoms with Gasteiger partial charge in [-0.25, -0.2) is 4.98 Å². The second-order valence-electron chi connectivity index (χ2n) is 8.16. The van der Waals surface area contributed by atoms with Gasteiger partial charge in [0.1, 0.15) is 11.6 Å². The van der Waals surface area contributed by atoms with E-state index in [0.29, 0.717) is 12.2 Å². The van der Waals surface area contributed by atoms with Crippen molar-refractivity contribution in [2.24, 2.45) is 7.05 Å². The highest BCUT2D eigenvalue weighted by atomic mass is 19.4. The maximum absolute atomic E-state index is 13.7. The molecule has 0 unspecified atom stereocenters. The highest BCUT2D eigenvalue weighted by Crippen LogP contribution is 2.38. The number of hydrogen-bond donors (Lipinski definition) is 2. The average Bonchev–Trinajstić information content (AvgIpc) is 3.37. The van der Waals surface area contributed by atoms with E-state index in [2.05, 4.69) is 25.6 Å². The van der Waals surface area contributed by atoms with Crippen LogP contribution in [0, 0.1) is 0 Å². The number of ether oxygens (including phenoxy) is 1. The molecule has 0 radical (unpaired) electrons. The molecule has 0 fully saturated rings. The summed E-state index contributed by atoms with van der Waals surface area (Å²) in [5.74, 6) is -0.176. The van der Waals surface area contributed by atoms with Gasteiger partial charge in [0.2, 0.25) is 0 Å². The minimum atomic E-state index is -4.68. The number of alkyl halides is 3. The number of amides is 1. The third-order valence-electron chi connectivity index (χ3n) is 5.07. The van der Waals surface area contributed by atoms with Gasteiger partial charge in [0, 0.05) is 30.5 Å². The van der Waals surface area contributed by atoms with Crippen molar-refractivity contribution < 1.29 is 22.7 Å². The zero-order valence-electron chi connectivity index (χ0n) is 18.8. The molecule has 4 aromatic rings. The lowest BCUT2D eigenvalue weighted by molar-refractivity contribution is -0.139. The van der Waals surface area contributed by atoms with Gasteiger partial charge in [0.15, 0.2) is 12.4 Å². The molecule has 0 atom stereocenters. The fourth-order valence-corrected chi connectivity index (χ4v) is 3.50. The molecule has 34 heavy (non-hydrogen) atoms. The van der Waals surface area contributed by atoms with Crippen molar-refractivity contribution in [3.8, 4) is 17.1 Å². The van der Waals surface area contributed by atoms with Crippen molar-refractivity contribution >= 4 is 16.8 Å². The van der Waals surface area contributed by atoms with Crippen LogP contribution in [0.15, 0.2) is 42.6 Å². The van der Waals surface area contributed by atoms with Crippen LogP contribution in [0.4, 0.5) is 13.2 Å². The minimum absolute atomic E-state index is 0.147. The Kier molecular flexibility index (Phi) is 6.27. The summed E-state index contributed by atoms with van der Waals surface area (Å²) in [5.41, 5.74) is 1.07. The minimum Gasteiger partial charge on any atom is -0.483 e. The first-order valence-electron chi connectivity index (χ1n) is 10.6. The van der Waals surface area contributed by atoms with E-state index in [1.165, 1.54) is 12.1 Å². The standard InChI is InChI=1S/C23H23F3N6O2/c1-13(2)28-21(33)12-34-19-7-5-15(10-17(19)23(24,25)26)22-29-20(32(3)31-22)9-14-4-6-18-16(8-14)11-27-30-18/h4-8,10-11,13H,9,12H2,1-3H3,(H,27,30)(H,28,33). The molecule has 178 valence electrons. The fourth-order valence-electron chi connectivity index (χ4n) is 3.50. The number of carbonyl (C=O) groups excluding carboxylic acids is 1. The molecule has 0 aliphatic heterocycles. The second kappa shape index (κ2) is 9.16. The molecule has 0 bridgehead atoms. The largest absolute Gasteiger partial charge is 0.483 e. The summed E-state index contributed by atoms with van der Waals surface area (Å²) in [6.07, 6.45) is -2.52. The number of H-pyrrole nitrogens is 1.